The molecule has 0 radical (unpaired) electrons. The first-order valence-corrected chi connectivity index (χ1v) is 6.36. The Morgan fingerprint density at radius 2 is 2.47 bits per heavy atom. The monoisotopic (exact) mass is 275 g/mol. The summed E-state index contributed by atoms with van der Waals surface area (Å²) < 4.78 is 0. The second-order valence-electron chi connectivity index (χ2n) is 4.26. The second kappa shape index (κ2) is 6.35. The number of nitrogens with one attached hydrogen (secondary N) is 1. The molecule has 2 heterocycles. The molecule has 1 aliphatic rings. The van der Waals surface area contributed by atoms with Gasteiger partial charge in [0.2, 0.25) is 5.91 Å². The summed E-state index contributed by atoms with van der Waals surface area (Å²) in [7, 11) is 0. The average molecular weight is 276 g/mol. The number of thiophene rings is 1. The number of nitrogens with two attached hydrogens (primary N) is 1. The summed E-state index contributed by atoms with van der Waals surface area (Å²) in [4.78, 5) is 14.6. The summed E-state index contributed by atoms with van der Waals surface area (Å²) in [5.74, 6) is -0.337. The van der Waals surface area contributed by atoms with Crippen LogP contribution in [-0.2, 0) is 6.54 Å². The van der Waals surface area contributed by atoms with Crippen LogP contribution in [0.3, 0.4) is 0 Å². The molecule has 17 heavy (non-hydrogen) atoms. The molecule has 1 atom stereocenters. The van der Waals surface area contributed by atoms with E-state index < -0.39 is 0 Å². The quantitative estimate of drug-likeness (QED) is 0.867. The predicted molar refractivity (Wildman–Crippen MR) is 72.8 cm³/mol. The highest BCUT2D eigenvalue weighted by Gasteiger charge is 2.16. The third-order valence-corrected chi connectivity index (χ3v) is 3.69. The van der Waals surface area contributed by atoms with Crippen molar-refractivity contribution in [1.29, 1.82) is 0 Å². The van der Waals surface area contributed by atoms with E-state index in [0.29, 0.717) is 11.6 Å². The van der Waals surface area contributed by atoms with Crippen LogP contribution in [0.15, 0.2) is 11.4 Å². The lowest BCUT2D eigenvalue weighted by Crippen LogP contribution is -2.48. The van der Waals surface area contributed by atoms with E-state index in [9.17, 15) is 4.79 Å². The lowest BCUT2D eigenvalue weighted by molar-refractivity contribution is 0.100. The van der Waals surface area contributed by atoms with Crippen molar-refractivity contribution >= 4 is 29.7 Å². The van der Waals surface area contributed by atoms with Crippen LogP contribution in [0.4, 0.5) is 0 Å². The van der Waals surface area contributed by atoms with Crippen molar-refractivity contribution in [2.45, 2.75) is 19.5 Å². The Hall–Kier alpha value is -0.620. The normalized spacial score (nSPS) is 20.9. The van der Waals surface area contributed by atoms with Crippen LogP contribution in [0, 0.1) is 0 Å². The van der Waals surface area contributed by atoms with E-state index in [0.717, 1.165) is 26.2 Å². The largest absolute Gasteiger partial charge is 0.366 e. The summed E-state index contributed by atoms with van der Waals surface area (Å²) >= 11 is 1.61. The highest BCUT2D eigenvalue weighted by atomic mass is 35.5. The van der Waals surface area contributed by atoms with Gasteiger partial charge in [0.25, 0.3) is 0 Å². The summed E-state index contributed by atoms with van der Waals surface area (Å²) in [5.41, 5.74) is 5.85. The Balaban J connectivity index is 0.00000144. The molecular weight excluding hydrogens is 258 g/mol. The number of halogens is 1. The molecule has 1 amide bonds. The SMILES string of the molecule is C[C@@H]1CN(Cc2cc(C(N)=O)cs2)CCN1.Cl. The summed E-state index contributed by atoms with van der Waals surface area (Å²) in [6, 6.07) is 2.45. The standard InChI is InChI=1S/C11H17N3OS.ClH/c1-8-5-14(3-2-13-8)6-10-4-9(7-16-10)11(12)15;/h4,7-8,13H,2-3,5-6H2,1H3,(H2,12,15);1H/t8-;/m1./s1. The van der Waals surface area contributed by atoms with E-state index in [1.54, 1.807) is 11.3 Å². The van der Waals surface area contributed by atoms with Crippen molar-refractivity contribution < 1.29 is 4.79 Å². The van der Waals surface area contributed by atoms with Crippen molar-refractivity contribution in [2.24, 2.45) is 5.73 Å². The first-order chi connectivity index (χ1) is 7.65. The minimum atomic E-state index is -0.337. The van der Waals surface area contributed by atoms with Gasteiger partial charge in [-0.25, -0.2) is 0 Å². The van der Waals surface area contributed by atoms with Crippen LogP contribution in [-0.4, -0.2) is 36.5 Å². The van der Waals surface area contributed by atoms with E-state index in [-0.39, 0.29) is 18.3 Å². The minimum Gasteiger partial charge on any atom is -0.366 e. The molecule has 96 valence electrons. The van der Waals surface area contributed by atoms with Crippen LogP contribution in [0.2, 0.25) is 0 Å². The molecule has 0 bridgehead atoms. The molecule has 2 rings (SSSR count). The molecule has 0 aliphatic carbocycles. The second-order valence-corrected chi connectivity index (χ2v) is 5.25. The van der Waals surface area contributed by atoms with E-state index in [4.69, 9.17) is 5.73 Å². The zero-order valence-electron chi connectivity index (χ0n) is 9.81. The lowest BCUT2D eigenvalue weighted by atomic mass is 10.2. The van der Waals surface area contributed by atoms with Crippen molar-refractivity contribution in [3.63, 3.8) is 0 Å². The number of carbonyl (C=O) groups excluding carboxylic acids is 1. The topological polar surface area (TPSA) is 58.4 Å². The number of primary amides is 1. The van der Waals surface area contributed by atoms with E-state index in [1.807, 2.05) is 11.4 Å². The lowest BCUT2D eigenvalue weighted by Gasteiger charge is -2.31. The van der Waals surface area contributed by atoms with E-state index >= 15 is 0 Å². The third-order valence-electron chi connectivity index (χ3n) is 2.77. The van der Waals surface area contributed by atoms with E-state index in [1.165, 1.54) is 4.88 Å². The highest BCUT2D eigenvalue weighted by molar-refractivity contribution is 7.10. The van der Waals surface area contributed by atoms with Gasteiger partial charge < -0.3 is 11.1 Å². The third kappa shape index (κ3) is 3.96. The molecule has 1 aliphatic heterocycles. The van der Waals surface area contributed by atoms with Crippen molar-refractivity contribution in [2.75, 3.05) is 19.6 Å². The van der Waals surface area contributed by atoms with Gasteiger partial charge in [0.1, 0.15) is 0 Å². The van der Waals surface area contributed by atoms with Gasteiger partial charge in [-0.2, -0.15) is 0 Å². The fourth-order valence-corrected chi connectivity index (χ4v) is 2.88. The fourth-order valence-electron chi connectivity index (χ4n) is 1.97. The highest BCUT2D eigenvalue weighted by Crippen LogP contribution is 2.17. The molecule has 1 aromatic rings. The predicted octanol–water partition coefficient (Wildman–Crippen LogP) is 1.06. The van der Waals surface area contributed by atoms with Crippen LogP contribution >= 0.6 is 23.7 Å². The molecule has 1 fully saturated rings. The van der Waals surface area contributed by atoms with Gasteiger partial charge in [-0.1, -0.05) is 0 Å². The Morgan fingerprint density at radius 1 is 1.71 bits per heavy atom. The Labute approximate surface area is 112 Å². The maximum atomic E-state index is 11.0. The fraction of sp³-hybridized carbons (Fsp3) is 0.545. The van der Waals surface area contributed by atoms with Crippen molar-refractivity contribution in [1.82, 2.24) is 10.2 Å². The molecule has 6 heteroatoms. The molecule has 0 spiro atoms. The number of rotatable bonds is 3. The van der Waals surface area contributed by atoms with Gasteiger partial charge in [0, 0.05) is 42.5 Å². The number of piperazine rings is 1. The number of nitrogens with zero attached hydrogens (tertiary/aromatic N) is 1. The molecule has 0 saturated carbocycles. The molecule has 1 saturated heterocycles. The Bertz CT molecular complexity index is 383. The molecular formula is C11H18ClN3OS. The van der Waals surface area contributed by atoms with Gasteiger partial charge in [-0.3, -0.25) is 9.69 Å². The molecule has 4 nitrogen and oxygen atoms in total. The number of carbonyl (C=O) groups is 1. The first kappa shape index (κ1) is 14.4. The Morgan fingerprint density at radius 3 is 3.06 bits per heavy atom. The average Bonchev–Trinajstić information content (AvgIpc) is 2.66. The van der Waals surface area contributed by atoms with Crippen LogP contribution in [0.25, 0.3) is 0 Å². The van der Waals surface area contributed by atoms with Gasteiger partial charge in [-0.05, 0) is 13.0 Å². The van der Waals surface area contributed by atoms with Crippen LogP contribution in [0.5, 0.6) is 0 Å². The summed E-state index contributed by atoms with van der Waals surface area (Å²) in [5, 5.41) is 5.25. The van der Waals surface area contributed by atoms with Gasteiger partial charge >= 0.3 is 0 Å². The molecule has 3 N–H and O–H groups in total. The van der Waals surface area contributed by atoms with Gasteiger partial charge in [-0.15, -0.1) is 23.7 Å². The summed E-state index contributed by atoms with van der Waals surface area (Å²) in [6.45, 7) is 6.27. The van der Waals surface area contributed by atoms with Gasteiger partial charge in [0.05, 0.1) is 5.56 Å². The first-order valence-electron chi connectivity index (χ1n) is 5.48. The van der Waals surface area contributed by atoms with Crippen molar-refractivity contribution in [3.05, 3.63) is 21.9 Å². The molecule has 0 aromatic carbocycles. The number of hydrogen-bond acceptors (Lipinski definition) is 4. The van der Waals surface area contributed by atoms with Crippen LogP contribution in [0.1, 0.15) is 22.2 Å². The zero-order chi connectivity index (χ0) is 11.5. The number of amides is 1. The maximum absolute atomic E-state index is 11.0. The molecule has 1 aromatic heterocycles. The molecule has 0 unspecified atom stereocenters. The Kier molecular flexibility index (Phi) is 5.39. The maximum Gasteiger partial charge on any atom is 0.249 e. The van der Waals surface area contributed by atoms with E-state index in [2.05, 4.69) is 17.1 Å². The smallest absolute Gasteiger partial charge is 0.249 e. The summed E-state index contributed by atoms with van der Waals surface area (Å²) in [6.07, 6.45) is 0. The van der Waals surface area contributed by atoms with Gasteiger partial charge in [0.15, 0.2) is 0 Å². The number of hydrogen-bond donors (Lipinski definition) is 2. The van der Waals surface area contributed by atoms with Crippen molar-refractivity contribution in [3.8, 4) is 0 Å². The van der Waals surface area contributed by atoms with Crippen LogP contribution < -0.4 is 11.1 Å². The minimum absolute atomic E-state index is 0. The zero-order valence-corrected chi connectivity index (χ0v) is 11.4.